The predicted octanol–water partition coefficient (Wildman–Crippen LogP) is 1.66. The van der Waals surface area contributed by atoms with Crippen LogP contribution >= 0.6 is 0 Å². The Morgan fingerprint density at radius 3 is 2.42 bits per heavy atom. The zero-order chi connectivity index (χ0) is 21.8. The summed E-state index contributed by atoms with van der Waals surface area (Å²) in [4.78, 5) is 12.7. The Balaban J connectivity index is 1.40. The normalized spacial score (nSPS) is 19.4. The van der Waals surface area contributed by atoms with Gasteiger partial charge in [0.1, 0.15) is 6.61 Å². The Kier molecular flexibility index (Phi) is 4.93. The molecule has 166 valence electrons. The minimum Gasteiger partial charge on any atom is -0.475 e. The second kappa shape index (κ2) is 7.52. The summed E-state index contributed by atoms with van der Waals surface area (Å²) >= 11 is 0. The molecule has 0 spiro atoms. The number of rotatable bonds is 4. The summed E-state index contributed by atoms with van der Waals surface area (Å²) in [5.74, 6) is 0.156. The lowest BCUT2D eigenvalue weighted by Crippen LogP contribution is -2.40. The topological polar surface area (TPSA) is 114 Å². The van der Waals surface area contributed by atoms with Crippen LogP contribution in [0.5, 0.6) is 5.88 Å². The molecule has 3 aliphatic rings. The molecular weight excluding hydrogens is 418 g/mol. The van der Waals surface area contributed by atoms with Gasteiger partial charge in [0, 0.05) is 5.69 Å². The van der Waals surface area contributed by atoms with E-state index >= 15 is 0 Å². The van der Waals surface area contributed by atoms with Crippen molar-refractivity contribution in [3.63, 3.8) is 0 Å². The number of aromatic nitrogens is 2. The van der Waals surface area contributed by atoms with Gasteiger partial charge < -0.3 is 15.4 Å². The Hall–Kier alpha value is -2.59. The predicted molar refractivity (Wildman–Crippen MR) is 115 cm³/mol. The number of nitrogens with zero attached hydrogens (tertiary/aromatic N) is 2. The van der Waals surface area contributed by atoms with E-state index < -0.39 is 16.1 Å². The molecule has 0 radical (unpaired) electrons. The molecule has 5 rings (SSSR count). The maximum absolute atomic E-state index is 12.9. The van der Waals surface area contributed by atoms with E-state index in [9.17, 15) is 13.2 Å². The molecule has 3 N–H and O–H groups in total. The molecule has 1 aromatic heterocycles. The van der Waals surface area contributed by atoms with E-state index in [1.807, 2.05) is 7.05 Å². The van der Waals surface area contributed by atoms with Crippen LogP contribution in [0.4, 0.5) is 10.5 Å². The standard InChI is InChI=1S/C21H27N5O4S/c1-12-14-5-3-7-16(14)19(17-8-4-6-15(12)17)24-21(27)25-31(28,29)18-9-23-26-10-13(22-2)11-30-20(18)26/h9,13,22H,3-8,10-11H2,1-2H3,(H2,24,25,27)/t13-/m1/s1. The molecule has 1 aromatic carbocycles. The van der Waals surface area contributed by atoms with Gasteiger partial charge in [0.05, 0.1) is 18.8 Å². The van der Waals surface area contributed by atoms with Crippen LogP contribution in [0.2, 0.25) is 0 Å². The Bertz CT molecular complexity index is 1140. The summed E-state index contributed by atoms with van der Waals surface area (Å²) in [6.45, 7) is 3.00. The molecule has 0 fully saturated rings. The van der Waals surface area contributed by atoms with Crippen molar-refractivity contribution in [3.8, 4) is 5.88 Å². The van der Waals surface area contributed by atoms with Crippen molar-refractivity contribution in [1.29, 1.82) is 0 Å². The van der Waals surface area contributed by atoms with E-state index in [1.54, 1.807) is 0 Å². The van der Waals surface area contributed by atoms with Gasteiger partial charge in [0.15, 0.2) is 4.90 Å². The molecule has 2 aromatic rings. The number of carbonyl (C=O) groups excluding carboxylic acids is 1. The number of nitrogens with one attached hydrogen (secondary N) is 3. The van der Waals surface area contributed by atoms with Crippen LogP contribution in [-0.2, 0) is 42.3 Å². The van der Waals surface area contributed by atoms with E-state index in [0.717, 1.165) is 55.3 Å². The van der Waals surface area contributed by atoms with Gasteiger partial charge in [0.2, 0.25) is 5.88 Å². The summed E-state index contributed by atoms with van der Waals surface area (Å²) in [7, 11) is -2.32. The number of sulfonamides is 1. The number of likely N-dealkylation sites (N-methyl/N-ethyl adjacent to an activating group) is 1. The highest BCUT2D eigenvalue weighted by Gasteiger charge is 2.32. The largest absolute Gasteiger partial charge is 0.475 e. The number of amides is 2. The van der Waals surface area contributed by atoms with E-state index in [2.05, 4.69) is 27.4 Å². The fourth-order valence-electron chi connectivity index (χ4n) is 5.13. The Labute approximate surface area is 181 Å². The Morgan fingerprint density at radius 1 is 1.13 bits per heavy atom. The van der Waals surface area contributed by atoms with Crippen molar-refractivity contribution in [3.05, 3.63) is 34.0 Å². The fraction of sp³-hybridized carbons (Fsp3) is 0.524. The molecule has 9 nitrogen and oxygen atoms in total. The number of hydrogen-bond acceptors (Lipinski definition) is 6. The van der Waals surface area contributed by atoms with Crippen molar-refractivity contribution in [2.75, 3.05) is 19.0 Å². The van der Waals surface area contributed by atoms with Gasteiger partial charge in [-0.3, -0.25) is 0 Å². The van der Waals surface area contributed by atoms with Gasteiger partial charge in [-0.25, -0.2) is 22.6 Å². The zero-order valence-corrected chi connectivity index (χ0v) is 18.6. The number of hydrogen-bond donors (Lipinski definition) is 3. The molecule has 0 unspecified atom stereocenters. The number of urea groups is 1. The third kappa shape index (κ3) is 3.38. The number of fused-ring (bicyclic) bond motifs is 3. The van der Waals surface area contributed by atoms with Gasteiger partial charge >= 0.3 is 6.03 Å². The first-order chi connectivity index (χ1) is 14.9. The summed E-state index contributed by atoms with van der Waals surface area (Å²) in [6.07, 6.45) is 7.17. The second-order valence-electron chi connectivity index (χ2n) is 8.47. The number of carbonyl (C=O) groups is 1. The molecule has 10 heteroatoms. The molecule has 0 bridgehead atoms. The van der Waals surface area contributed by atoms with Gasteiger partial charge in [-0.15, -0.1) is 0 Å². The highest BCUT2D eigenvalue weighted by molar-refractivity contribution is 7.90. The van der Waals surface area contributed by atoms with Crippen LogP contribution in [0.3, 0.4) is 0 Å². The minimum absolute atomic E-state index is 0.0462. The summed E-state index contributed by atoms with van der Waals surface area (Å²) < 4.78 is 35.1. The summed E-state index contributed by atoms with van der Waals surface area (Å²) in [6, 6.07) is -0.708. The van der Waals surface area contributed by atoms with E-state index in [-0.39, 0.29) is 16.8 Å². The average molecular weight is 446 g/mol. The van der Waals surface area contributed by atoms with E-state index in [4.69, 9.17) is 4.74 Å². The first-order valence-corrected chi connectivity index (χ1v) is 12.2. The van der Waals surface area contributed by atoms with Crippen LogP contribution in [0, 0.1) is 6.92 Å². The van der Waals surface area contributed by atoms with Crippen molar-refractivity contribution in [2.45, 2.75) is 62.9 Å². The van der Waals surface area contributed by atoms with Gasteiger partial charge in [-0.05, 0) is 80.3 Å². The quantitative estimate of drug-likeness (QED) is 0.660. The molecule has 2 aliphatic carbocycles. The molecule has 2 amide bonds. The highest BCUT2D eigenvalue weighted by Crippen LogP contribution is 2.41. The lowest BCUT2D eigenvalue weighted by Gasteiger charge is -2.24. The van der Waals surface area contributed by atoms with E-state index in [1.165, 1.54) is 27.6 Å². The SMILES string of the molecule is CN[C@H]1COc2c(S(=O)(=O)NC(=O)Nc3c4c(c(C)c5c3CCC5)CCC4)cnn2C1. The highest BCUT2D eigenvalue weighted by atomic mass is 32.2. The van der Waals surface area contributed by atoms with Gasteiger partial charge in [-0.2, -0.15) is 5.10 Å². The lowest BCUT2D eigenvalue weighted by molar-refractivity contribution is 0.184. The number of benzene rings is 1. The van der Waals surface area contributed by atoms with Crippen molar-refractivity contribution < 1.29 is 17.9 Å². The summed E-state index contributed by atoms with van der Waals surface area (Å²) in [5, 5.41) is 10.1. The molecule has 1 atom stereocenters. The zero-order valence-electron chi connectivity index (χ0n) is 17.7. The van der Waals surface area contributed by atoms with Crippen molar-refractivity contribution in [1.82, 2.24) is 19.8 Å². The second-order valence-corrected chi connectivity index (χ2v) is 10.1. The first kappa shape index (κ1) is 20.3. The monoisotopic (exact) mass is 445 g/mol. The maximum atomic E-state index is 12.9. The van der Waals surface area contributed by atoms with Crippen LogP contribution in [0.1, 0.15) is 40.7 Å². The van der Waals surface area contributed by atoms with Crippen LogP contribution in [-0.4, -0.2) is 43.9 Å². The van der Waals surface area contributed by atoms with Crippen LogP contribution < -0.4 is 20.1 Å². The third-order valence-corrected chi connectivity index (χ3v) is 8.00. The molecule has 31 heavy (non-hydrogen) atoms. The molecule has 0 saturated carbocycles. The van der Waals surface area contributed by atoms with Crippen LogP contribution in [0.15, 0.2) is 11.1 Å². The minimum atomic E-state index is -4.13. The van der Waals surface area contributed by atoms with E-state index in [0.29, 0.717) is 13.2 Å². The first-order valence-electron chi connectivity index (χ1n) is 10.7. The molecule has 0 saturated heterocycles. The fourth-order valence-corrected chi connectivity index (χ4v) is 6.12. The van der Waals surface area contributed by atoms with Crippen molar-refractivity contribution in [2.24, 2.45) is 0 Å². The van der Waals surface area contributed by atoms with Crippen LogP contribution in [0.25, 0.3) is 0 Å². The summed E-state index contributed by atoms with van der Waals surface area (Å²) in [5.41, 5.74) is 7.12. The lowest BCUT2D eigenvalue weighted by atomic mass is 9.93. The van der Waals surface area contributed by atoms with Gasteiger partial charge in [0.25, 0.3) is 10.0 Å². The maximum Gasteiger partial charge on any atom is 0.333 e. The van der Waals surface area contributed by atoms with Gasteiger partial charge in [-0.1, -0.05) is 0 Å². The number of ether oxygens (including phenoxy) is 1. The van der Waals surface area contributed by atoms with Crippen molar-refractivity contribution >= 4 is 21.7 Å². The average Bonchev–Trinajstić information content (AvgIpc) is 3.49. The third-order valence-electron chi connectivity index (χ3n) is 6.68. The molecule has 1 aliphatic heterocycles. The smallest absolute Gasteiger partial charge is 0.333 e. The Morgan fingerprint density at radius 2 is 1.77 bits per heavy atom. The number of anilines is 1. The molecule has 2 heterocycles. The molecular formula is C21H27N5O4S.